The molecule has 1 aromatic carbocycles. The van der Waals surface area contributed by atoms with E-state index >= 15 is 0 Å². The van der Waals surface area contributed by atoms with Crippen molar-refractivity contribution in [2.75, 3.05) is 52.6 Å². The topological polar surface area (TPSA) is 55.3 Å². The Morgan fingerprint density at radius 2 is 2.00 bits per heavy atom. The number of rotatable bonds is 4. The Bertz CT molecular complexity index is 726. The summed E-state index contributed by atoms with van der Waals surface area (Å²) < 4.78 is 17.1. The highest BCUT2D eigenvalue weighted by Gasteiger charge is 2.42. The van der Waals surface area contributed by atoms with E-state index in [1.807, 2.05) is 6.07 Å². The zero-order valence-corrected chi connectivity index (χ0v) is 17.4. The van der Waals surface area contributed by atoms with Gasteiger partial charge in [0.15, 0.2) is 17.5 Å². The predicted molar refractivity (Wildman–Crippen MR) is 110 cm³/mol. The second-order valence-electron chi connectivity index (χ2n) is 8.89. The number of likely N-dealkylation sites (tertiary alicyclic amines) is 1. The molecule has 0 amide bonds. The third-order valence-corrected chi connectivity index (χ3v) is 6.21. The average molecular weight is 388 g/mol. The van der Waals surface area contributed by atoms with Crippen molar-refractivity contribution in [3.8, 4) is 11.5 Å². The van der Waals surface area contributed by atoms with E-state index in [1.54, 1.807) is 0 Å². The van der Waals surface area contributed by atoms with Crippen molar-refractivity contribution in [2.24, 2.45) is 10.4 Å². The van der Waals surface area contributed by atoms with Crippen LogP contribution < -0.4 is 14.8 Å². The van der Waals surface area contributed by atoms with E-state index in [4.69, 9.17) is 19.2 Å². The quantitative estimate of drug-likeness (QED) is 0.636. The third kappa shape index (κ3) is 3.93. The van der Waals surface area contributed by atoms with Crippen LogP contribution >= 0.6 is 0 Å². The summed E-state index contributed by atoms with van der Waals surface area (Å²) in [6.45, 7) is 13.3. The van der Waals surface area contributed by atoms with Crippen LogP contribution in [0.4, 0.5) is 0 Å². The van der Waals surface area contributed by atoms with Crippen molar-refractivity contribution < 1.29 is 14.2 Å². The smallest absolute Gasteiger partial charge is 0.193 e. The molecule has 28 heavy (non-hydrogen) atoms. The Balaban J connectivity index is 1.48. The first kappa shape index (κ1) is 19.4. The maximum atomic E-state index is 5.76. The Labute approximate surface area is 168 Å². The SMILES string of the molecule is CCNC(=NCC(C)(C)c1ccc2c(c1)OCCO2)N1CCC2(CCOC2)C1. The number of ether oxygens (including phenoxy) is 3. The summed E-state index contributed by atoms with van der Waals surface area (Å²) in [6, 6.07) is 6.26. The van der Waals surface area contributed by atoms with Crippen LogP contribution in [0.1, 0.15) is 39.2 Å². The molecule has 0 bridgehead atoms. The highest BCUT2D eigenvalue weighted by molar-refractivity contribution is 5.80. The Morgan fingerprint density at radius 3 is 2.75 bits per heavy atom. The molecular formula is C22H33N3O3. The number of aliphatic imine (C=N–C) groups is 1. The first-order valence-electron chi connectivity index (χ1n) is 10.5. The van der Waals surface area contributed by atoms with Crippen molar-refractivity contribution in [1.29, 1.82) is 0 Å². The molecule has 1 aromatic rings. The molecule has 1 spiro atoms. The van der Waals surface area contributed by atoms with Crippen LogP contribution in [0.2, 0.25) is 0 Å². The summed E-state index contributed by atoms with van der Waals surface area (Å²) in [5.74, 6) is 2.70. The Kier molecular flexibility index (Phi) is 5.41. The molecule has 154 valence electrons. The van der Waals surface area contributed by atoms with E-state index in [-0.39, 0.29) is 5.41 Å². The Morgan fingerprint density at radius 1 is 1.18 bits per heavy atom. The van der Waals surface area contributed by atoms with Crippen LogP contribution in [-0.2, 0) is 10.2 Å². The first-order valence-corrected chi connectivity index (χ1v) is 10.5. The van der Waals surface area contributed by atoms with Gasteiger partial charge in [0.1, 0.15) is 13.2 Å². The van der Waals surface area contributed by atoms with E-state index < -0.39 is 0 Å². The van der Waals surface area contributed by atoms with Gasteiger partial charge >= 0.3 is 0 Å². The molecule has 1 atom stereocenters. The van der Waals surface area contributed by atoms with Gasteiger partial charge in [-0.3, -0.25) is 4.99 Å². The molecule has 1 N–H and O–H groups in total. The molecule has 6 heteroatoms. The van der Waals surface area contributed by atoms with Crippen molar-refractivity contribution >= 4 is 5.96 Å². The normalized spacial score (nSPS) is 24.8. The molecule has 3 aliphatic rings. The average Bonchev–Trinajstić information content (AvgIpc) is 3.34. The highest BCUT2D eigenvalue weighted by Crippen LogP contribution is 2.38. The van der Waals surface area contributed by atoms with Crippen LogP contribution in [0.25, 0.3) is 0 Å². The lowest BCUT2D eigenvalue weighted by molar-refractivity contribution is 0.156. The van der Waals surface area contributed by atoms with Crippen LogP contribution in [0.15, 0.2) is 23.2 Å². The minimum atomic E-state index is -0.0929. The highest BCUT2D eigenvalue weighted by atomic mass is 16.6. The number of hydrogen-bond acceptors (Lipinski definition) is 4. The first-order chi connectivity index (χ1) is 13.5. The maximum absolute atomic E-state index is 5.76. The molecule has 6 nitrogen and oxygen atoms in total. The number of nitrogens with one attached hydrogen (secondary N) is 1. The fraction of sp³-hybridized carbons (Fsp3) is 0.682. The summed E-state index contributed by atoms with van der Waals surface area (Å²) in [5, 5.41) is 3.50. The summed E-state index contributed by atoms with van der Waals surface area (Å²) in [7, 11) is 0. The van der Waals surface area contributed by atoms with Gasteiger partial charge in [-0.1, -0.05) is 19.9 Å². The molecule has 3 aliphatic heterocycles. The monoisotopic (exact) mass is 387 g/mol. The van der Waals surface area contributed by atoms with E-state index in [9.17, 15) is 0 Å². The maximum Gasteiger partial charge on any atom is 0.193 e. The molecule has 0 saturated carbocycles. The third-order valence-electron chi connectivity index (χ3n) is 6.21. The lowest BCUT2D eigenvalue weighted by Crippen LogP contribution is -2.42. The largest absolute Gasteiger partial charge is 0.486 e. The second-order valence-corrected chi connectivity index (χ2v) is 8.89. The number of benzene rings is 1. The van der Waals surface area contributed by atoms with E-state index in [0.717, 1.165) is 56.9 Å². The van der Waals surface area contributed by atoms with Gasteiger partial charge in [0.25, 0.3) is 0 Å². The summed E-state index contributed by atoms with van der Waals surface area (Å²) in [4.78, 5) is 7.44. The molecule has 4 rings (SSSR count). The zero-order valence-electron chi connectivity index (χ0n) is 17.4. The van der Waals surface area contributed by atoms with Crippen molar-refractivity contribution in [1.82, 2.24) is 10.2 Å². The molecule has 2 fully saturated rings. The van der Waals surface area contributed by atoms with Crippen molar-refractivity contribution in [3.05, 3.63) is 23.8 Å². The Hall–Kier alpha value is -1.95. The summed E-state index contributed by atoms with van der Waals surface area (Å²) in [5.41, 5.74) is 1.46. The van der Waals surface area contributed by atoms with Crippen molar-refractivity contribution in [3.63, 3.8) is 0 Å². The van der Waals surface area contributed by atoms with Gasteiger partial charge in [0, 0.05) is 37.1 Å². The molecular weight excluding hydrogens is 354 g/mol. The molecule has 2 saturated heterocycles. The van der Waals surface area contributed by atoms with Gasteiger partial charge in [0.2, 0.25) is 0 Å². The van der Waals surface area contributed by atoms with Gasteiger partial charge in [-0.25, -0.2) is 0 Å². The molecule has 0 radical (unpaired) electrons. The van der Waals surface area contributed by atoms with E-state index in [2.05, 4.69) is 43.1 Å². The van der Waals surface area contributed by atoms with Gasteiger partial charge in [-0.15, -0.1) is 0 Å². The van der Waals surface area contributed by atoms with Gasteiger partial charge in [-0.05, 0) is 37.5 Å². The number of hydrogen-bond donors (Lipinski definition) is 1. The number of fused-ring (bicyclic) bond motifs is 1. The van der Waals surface area contributed by atoms with E-state index in [0.29, 0.717) is 18.6 Å². The van der Waals surface area contributed by atoms with Crippen LogP contribution in [0.3, 0.4) is 0 Å². The number of guanidine groups is 1. The summed E-state index contributed by atoms with van der Waals surface area (Å²) >= 11 is 0. The van der Waals surface area contributed by atoms with Crippen LogP contribution in [-0.4, -0.2) is 63.5 Å². The minimum absolute atomic E-state index is 0.0929. The van der Waals surface area contributed by atoms with Crippen molar-refractivity contribution in [2.45, 2.75) is 39.0 Å². The second kappa shape index (κ2) is 7.82. The molecule has 1 unspecified atom stereocenters. The van der Waals surface area contributed by atoms with Gasteiger partial charge < -0.3 is 24.4 Å². The standard InChI is InChI=1S/C22H33N3O3/c1-4-23-20(25-9-7-22(15-25)8-10-26-16-22)24-14-21(2,3)17-5-6-18-19(13-17)28-12-11-27-18/h5-6,13H,4,7-12,14-16H2,1-3H3,(H,23,24). The fourth-order valence-electron chi connectivity index (χ4n) is 4.34. The zero-order chi connectivity index (χ0) is 19.6. The van der Waals surface area contributed by atoms with Crippen LogP contribution in [0, 0.1) is 5.41 Å². The number of nitrogens with zero attached hydrogens (tertiary/aromatic N) is 2. The summed E-state index contributed by atoms with van der Waals surface area (Å²) in [6.07, 6.45) is 2.37. The molecule has 0 aliphatic carbocycles. The lowest BCUT2D eigenvalue weighted by Gasteiger charge is -2.28. The lowest BCUT2D eigenvalue weighted by atomic mass is 9.84. The van der Waals surface area contributed by atoms with Gasteiger partial charge in [-0.2, -0.15) is 0 Å². The fourth-order valence-corrected chi connectivity index (χ4v) is 4.34. The minimum Gasteiger partial charge on any atom is -0.486 e. The molecule has 0 aromatic heterocycles. The van der Waals surface area contributed by atoms with Gasteiger partial charge in [0.05, 0.1) is 13.2 Å². The predicted octanol–water partition coefficient (Wildman–Crippen LogP) is 2.81. The van der Waals surface area contributed by atoms with Crippen LogP contribution in [0.5, 0.6) is 11.5 Å². The van der Waals surface area contributed by atoms with E-state index in [1.165, 1.54) is 18.4 Å². The molecule has 3 heterocycles.